The van der Waals surface area contributed by atoms with E-state index in [1.165, 1.54) is 22.3 Å². The van der Waals surface area contributed by atoms with Gasteiger partial charge in [0, 0.05) is 5.56 Å². The van der Waals surface area contributed by atoms with E-state index in [2.05, 4.69) is 45.9 Å². The van der Waals surface area contributed by atoms with E-state index in [1.807, 2.05) is 6.07 Å². The average Bonchev–Trinajstić information content (AvgIpc) is 2.43. The second kappa shape index (κ2) is 7.27. The Morgan fingerprint density at radius 3 is 2.17 bits per heavy atom. The molecule has 0 amide bonds. The van der Waals surface area contributed by atoms with Crippen molar-refractivity contribution in [2.45, 2.75) is 46.2 Å². The third-order valence-corrected chi connectivity index (χ3v) is 5.07. The highest BCUT2D eigenvalue weighted by atomic mass is 31.1. The summed E-state index contributed by atoms with van der Waals surface area (Å²) in [6.07, 6.45) is 1.50. The normalized spacial score (nSPS) is 11.8. The van der Waals surface area contributed by atoms with E-state index in [9.17, 15) is 9.67 Å². The first-order valence-electron chi connectivity index (χ1n) is 8.07. The molecular weight excluding hydrogens is 303 g/mol. The minimum atomic E-state index is -1.15. The van der Waals surface area contributed by atoms with Crippen molar-refractivity contribution in [3.63, 3.8) is 0 Å². The summed E-state index contributed by atoms with van der Waals surface area (Å²) in [5.41, 5.74) is 7.18. The first kappa shape index (κ1) is 17.7. The minimum Gasteiger partial charge on any atom is -0.508 e. The third kappa shape index (κ3) is 4.42. The molecule has 2 aromatic carbocycles. The van der Waals surface area contributed by atoms with Crippen LogP contribution in [0.25, 0.3) is 0 Å². The number of rotatable bonds is 5. The van der Waals surface area contributed by atoms with E-state index >= 15 is 0 Å². The van der Waals surface area contributed by atoms with Gasteiger partial charge in [-0.15, -0.1) is 0 Å². The van der Waals surface area contributed by atoms with Gasteiger partial charge >= 0.3 is 7.80 Å². The quantitative estimate of drug-likeness (QED) is 0.716. The molecule has 2 aromatic rings. The van der Waals surface area contributed by atoms with Crippen LogP contribution in [0.4, 0.5) is 0 Å². The van der Waals surface area contributed by atoms with Crippen molar-refractivity contribution in [2.24, 2.45) is 0 Å². The smallest absolute Gasteiger partial charge is 0.340 e. The Morgan fingerprint density at radius 1 is 1.04 bits per heavy atom. The van der Waals surface area contributed by atoms with Gasteiger partial charge in [0.05, 0.1) is 0 Å². The molecule has 122 valence electrons. The van der Waals surface area contributed by atoms with Crippen molar-refractivity contribution in [3.05, 3.63) is 63.7 Å². The highest BCUT2D eigenvalue weighted by molar-refractivity contribution is 7.42. The van der Waals surface area contributed by atoms with Gasteiger partial charge in [0.15, 0.2) is 6.16 Å². The van der Waals surface area contributed by atoms with E-state index in [1.54, 1.807) is 12.7 Å². The van der Waals surface area contributed by atoms with Crippen LogP contribution in [0, 0.1) is 13.8 Å². The maximum atomic E-state index is 11.5. The molecule has 1 unspecified atom stereocenters. The molecule has 0 heterocycles. The summed E-state index contributed by atoms with van der Waals surface area (Å²) in [4.78, 5) is 0. The zero-order valence-corrected chi connectivity index (χ0v) is 15.6. The SMILES string of the molecule is Cc1cc(C[P+](C)=O)cc(C)c1Cc1ccc(O)c(C(C)C)c1. The van der Waals surface area contributed by atoms with Crippen LogP contribution in [0.2, 0.25) is 0 Å². The summed E-state index contributed by atoms with van der Waals surface area (Å²) < 4.78 is 11.5. The molecular formula is C20H26O2P+. The molecule has 3 heteroatoms. The lowest BCUT2D eigenvalue weighted by atomic mass is 9.92. The molecule has 0 aliphatic heterocycles. The number of phenolic OH excluding ortho intramolecular Hbond substituents is 1. The number of benzene rings is 2. The molecule has 0 fully saturated rings. The summed E-state index contributed by atoms with van der Waals surface area (Å²) in [7, 11) is -1.15. The van der Waals surface area contributed by atoms with Crippen molar-refractivity contribution < 1.29 is 9.67 Å². The molecule has 0 aliphatic carbocycles. The minimum absolute atomic E-state index is 0.306. The first-order valence-corrected chi connectivity index (χ1v) is 9.96. The van der Waals surface area contributed by atoms with Gasteiger partial charge in [0.1, 0.15) is 12.4 Å². The molecule has 23 heavy (non-hydrogen) atoms. The van der Waals surface area contributed by atoms with Gasteiger partial charge in [-0.1, -0.05) is 42.7 Å². The van der Waals surface area contributed by atoms with E-state index in [0.717, 1.165) is 17.5 Å². The molecule has 1 N–H and O–H groups in total. The van der Waals surface area contributed by atoms with Crippen LogP contribution >= 0.6 is 7.80 Å². The highest BCUT2D eigenvalue weighted by Gasteiger charge is 2.13. The Hall–Kier alpha value is -1.66. The Balaban J connectivity index is 2.33. The lowest BCUT2D eigenvalue weighted by molar-refractivity contribution is 0.464. The Kier molecular flexibility index (Phi) is 5.59. The van der Waals surface area contributed by atoms with Gasteiger partial charge in [0.2, 0.25) is 0 Å². The number of hydrogen-bond donors (Lipinski definition) is 1. The molecule has 0 spiro atoms. The molecule has 2 nitrogen and oxygen atoms in total. The van der Waals surface area contributed by atoms with Crippen molar-refractivity contribution in [1.29, 1.82) is 0 Å². The Labute approximate surface area is 140 Å². The van der Waals surface area contributed by atoms with Crippen LogP contribution in [0.3, 0.4) is 0 Å². The van der Waals surface area contributed by atoms with Crippen molar-refractivity contribution >= 4 is 7.80 Å². The topological polar surface area (TPSA) is 37.3 Å². The summed E-state index contributed by atoms with van der Waals surface area (Å²) in [5, 5.41) is 9.97. The molecule has 0 aromatic heterocycles. The predicted octanol–water partition coefficient (Wildman–Crippen LogP) is 5.68. The fourth-order valence-electron chi connectivity index (χ4n) is 3.09. The van der Waals surface area contributed by atoms with Crippen LogP contribution in [-0.4, -0.2) is 11.8 Å². The van der Waals surface area contributed by atoms with E-state index in [-0.39, 0.29) is 0 Å². The number of aromatic hydroxyl groups is 1. The van der Waals surface area contributed by atoms with Gasteiger partial charge < -0.3 is 5.11 Å². The Bertz CT molecular complexity index is 709. The maximum absolute atomic E-state index is 11.5. The van der Waals surface area contributed by atoms with Crippen LogP contribution < -0.4 is 0 Å². The summed E-state index contributed by atoms with van der Waals surface area (Å²) in [6, 6.07) is 10.2. The largest absolute Gasteiger partial charge is 0.508 e. The van der Waals surface area contributed by atoms with Crippen LogP contribution in [0.1, 0.15) is 53.1 Å². The molecule has 0 aliphatic rings. The van der Waals surface area contributed by atoms with Crippen molar-refractivity contribution in [2.75, 3.05) is 6.66 Å². The number of aryl methyl sites for hydroxylation is 2. The van der Waals surface area contributed by atoms with E-state index < -0.39 is 7.80 Å². The summed E-state index contributed by atoms with van der Waals surface area (Å²) in [6.45, 7) is 10.2. The van der Waals surface area contributed by atoms with Gasteiger partial charge in [-0.3, -0.25) is 0 Å². The lowest BCUT2D eigenvalue weighted by Gasteiger charge is -2.14. The average molecular weight is 329 g/mol. The highest BCUT2D eigenvalue weighted by Crippen LogP contribution is 2.29. The molecule has 0 saturated heterocycles. The molecule has 0 saturated carbocycles. The second-order valence-corrected chi connectivity index (χ2v) is 8.29. The van der Waals surface area contributed by atoms with Crippen LogP contribution in [-0.2, 0) is 17.1 Å². The van der Waals surface area contributed by atoms with Gasteiger partial charge in [-0.05, 0) is 60.1 Å². The van der Waals surface area contributed by atoms with Crippen molar-refractivity contribution in [3.8, 4) is 5.75 Å². The lowest BCUT2D eigenvalue weighted by Crippen LogP contribution is -1.99. The fourth-order valence-corrected chi connectivity index (χ4v) is 3.79. The standard InChI is InChI=1S/C20H25O2P/c1-13(2)18-10-16(6-7-20(18)21)11-19-14(3)8-17(9-15(19)4)12-23(5)22/h6-10,13H,11-12H2,1-5H3/p+1. The maximum Gasteiger partial charge on any atom is 0.340 e. The number of phenols is 1. The summed E-state index contributed by atoms with van der Waals surface area (Å²) in [5.74, 6) is 0.680. The van der Waals surface area contributed by atoms with E-state index in [4.69, 9.17) is 0 Å². The fraction of sp³-hybridized carbons (Fsp3) is 0.400. The Morgan fingerprint density at radius 2 is 1.65 bits per heavy atom. The summed E-state index contributed by atoms with van der Waals surface area (Å²) >= 11 is 0. The first-order chi connectivity index (χ1) is 10.8. The number of hydrogen-bond acceptors (Lipinski definition) is 2. The van der Waals surface area contributed by atoms with Crippen LogP contribution in [0.5, 0.6) is 5.75 Å². The molecule has 1 atom stereocenters. The van der Waals surface area contributed by atoms with Gasteiger partial charge in [-0.2, -0.15) is 0 Å². The predicted molar refractivity (Wildman–Crippen MR) is 98.2 cm³/mol. The third-order valence-electron chi connectivity index (χ3n) is 4.26. The zero-order chi connectivity index (χ0) is 17.1. The second-order valence-electron chi connectivity index (χ2n) is 6.72. The van der Waals surface area contributed by atoms with Gasteiger partial charge in [0.25, 0.3) is 0 Å². The van der Waals surface area contributed by atoms with Gasteiger partial charge in [-0.25, -0.2) is 0 Å². The molecule has 0 radical (unpaired) electrons. The zero-order valence-electron chi connectivity index (χ0n) is 14.7. The van der Waals surface area contributed by atoms with Crippen LogP contribution in [0.15, 0.2) is 30.3 Å². The monoisotopic (exact) mass is 329 g/mol. The van der Waals surface area contributed by atoms with E-state index in [0.29, 0.717) is 17.8 Å². The molecule has 0 bridgehead atoms. The molecule has 2 rings (SSSR count). The van der Waals surface area contributed by atoms with Crippen molar-refractivity contribution in [1.82, 2.24) is 0 Å².